The number of nitrogens with one attached hydrogen (secondary N) is 1. The Morgan fingerprint density at radius 3 is 3.00 bits per heavy atom. The van der Waals surface area contributed by atoms with Crippen molar-refractivity contribution in [3.63, 3.8) is 0 Å². The topological polar surface area (TPSA) is 47.0 Å². The normalized spacial score (nSPS) is 9.53. The van der Waals surface area contributed by atoms with Crippen molar-refractivity contribution in [3.05, 3.63) is 23.9 Å². The van der Waals surface area contributed by atoms with Crippen molar-refractivity contribution in [2.24, 2.45) is 0 Å². The highest BCUT2D eigenvalue weighted by molar-refractivity contribution is 5.28. The Labute approximate surface area is 90.4 Å². The highest BCUT2D eigenvalue weighted by atomic mass is 16.5. The fourth-order valence-corrected chi connectivity index (χ4v) is 1.00. The van der Waals surface area contributed by atoms with E-state index in [0.717, 1.165) is 6.54 Å². The number of rotatable bonds is 5. The van der Waals surface area contributed by atoms with Gasteiger partial charge < -0.3 is 10.1 Å². The summed E-state index contributed by atoms with van der Waals surface area (Å²) in [6.07, 6.45) is 3.76. The highest BCUT2D eigenvalue weighted by Crippen LogP contribution is 2.07. The van der Waals surface area contributed by atoms with Gasteiger partial charge in [0, 0.05) is 18.8 Å². The summed E-state index contributed by atoms with van der Waals surface area (Å²) in [6.45, 7) is 7.39. The van der Waals surface area contributed by atoms with Crippen molar-refractivity contribution in [2.75, 3.05) is 18.5 Å². The van der Waals surface area contributed by atoms with Gasteiger partial charge in [0.15, 0.2) is 0 Å². The van der Waals surface area contributed by atoms with Crippen molar-refractivity contribution in [1.82, 2.24) is 9.97 Å². The molecule has 1 N–H and O–H groups in total. The average molecular weight is 207 g/mol. The molecule has 1 rings (SSSR count). The molecule has 15 heavy (non-hydrogen) atoms. The lowest BCUT2D eigenvalue weighted by Gasteiger charge is -2.04. The summed E-state index contributed by atoms with van der Waals surface area (Å²) >= 11 is 0. The van der Waals surface area contributed by atoms with Crippen molar-refractivity contribution >= 4 is 5.95 Å². The third-order valence-corrected chi connectivity index (χ3v) is 1.69. The molecule has 0 spiro atoms. The number of nitrogens with zero attached hydrogens (tertiary/aromatic N) is 2. The van der Waals surface area contributed by atoms with Gasteiger partial charge in [0.2, 0.25) is 11.8 Å². The summed E-state index contributed by atoms with van der Waals surface area (Å²) in [6, 6.07) is 1.75. The lowest BCUT2D eigenvalue weighted by molar-refractivity contribution is 0.326. The lowest BCUT2D eigenvalue weighted by atomic mass is 10.3. The molecule has 0 radical (unpaired) electrons. The minimum absolute atomic E-state index is 0.596. The zero-order valence-electron chi connectivity index (χ0n) is 9.45. The predicted octanol–water partition coefficient (Wildman–Crippen LogP) is 2.25. The number of hydrogen-bond donors (Lipinski definition) is 1. The zero-order valence-corrected chi connectivity index (χ0v) is 9.45. The van der Waals surface area contributed by atoms with E-state index in [1.54, 1.807) is 12.3 Å². The number of aromatic nitrogens is 2. The average Bonchev–Trinajstić information content (AvgIpc) is 2.18. The molecule has 0 unspecified atom stereocenters. The summed E-state index contributed by atoms with van der Waals surface area (Å²) in [5.74, 6) is 1.20. The first-order valence-electron chi connectivity index (χ1n) is 5.05. The van der Waals surface area contributed by atoms with Gasteiger partial charge >= 0.3 is 0 Å². The van der Waals surface area contributed by atoms with E-state index in [1.807, 2.05) is 6.92 Å². The van der Waals surface area contributed by atoms with Crippen LogP contribution in [-0.2, 0) is 0 Å². The molecule has 4 heteroatoms. The van der Waals surface area contributed by atoms with Gasteiger partial charge in [0.25, 0.3) is 0 Å². The molecule has 1 aromatic rings. The van der Waals surface area contributed by atoms with Gasteiger partial charge in [-0.1, -0.05) is 11.6 Å². The Bertz CT molecular complexity index is 332. The maximum absolute atomic E-state index is 5.27. The molecule has 4 nitrogen and oxygen atoms in total. The molecule has 0 atom stereocenters. The standard InChI is InChI=1S/C11H17N3O/c1-4-15-10-6-8-13-11(14-10)12-7-5-9(2)3/h5-6,8H,4,7H2,1-3H3,(H,12,13,14). The van der Waals surface area contributed by atoms with Crippen LogP contribution in [0.4, 0.5) is 5.95 Å². The summed E-state index contributed by atoms with van der Waals surface area (Å²) < 4.78 is 5.27. The molecule has 0 aliphatic rings. The largest absolute Gasteiger partial charge is 0.478 e. The van der Waals surface area contributed by atoms with Crippen LogP contribution in [0.15, 0.2) is 23.9 Å². The molecule has 0 bridgehead atoms. The van der Waals surface area contributed by atoms with Crippen LogP contribution < -0.4 is 10.1 Å². The van der Waals surface area contributed by atoms with Gasteiger partial charge in [-0.15, -0.1) is 0 Å². The van der Waals surface area contributed by atoms with E-state index in [4.69, 9.17) is 4.74 Å². The van der Waals surface area contributed by atoms with Crippen LogP contribution in [0.2, 0.25) is 0 Å². The quantitative estimate of drug-likeness (QED) is 0.752. The van der Waals surface area contributed by atoms with Crippen LogP contribution >= 0.6 is 0 Å². The summed E-state index contributed by atoms with van der Waals surface area (Å²) in [7, 11) is 0. The summed E-state index contributed by atoms with van der Waals surface area (Å²) in [4.78, 5) is 8.27. The number of allylic oxidation sites excluding steroid dienone is 1. The van der Waals surface area contributed by atoms with E-state index in [1.165, 1.54) is 5.57 Å². The lowest BCUT2D eigenvalue weighted by Crippen LogP contribution is -2.04. The molecule has 82 valence electrons. The van der Waals surface area contributed by atoms with E-state index in [0.29, 0.717) is 18.4 Å². The van der Waals surface area contributed by atoms with E-state index in [2.05, 4.69) is 35.2 Å². The zero-order chi connectivity index (χ0) is 11.1. The van der Waals surface area contributed by atoms with Crippen molar-refractivity contribution in [3.8, 4) is 5.88 Å². The van der Waals surface area contributed by atoms with E-state index >= 15 is 0 Å². The van der Waals surface area contributed by atoms with Gasteiger partial charge in [0.05, 0.1) is 6.61 Å². The van der Waals surface area contributed by atoms with Gasteiger partial charge in [-0.25, -0.2) is 4.98 Å². The molecule has 0 aliphatic carbocycles. The smallest absolute Gasteiger partial charge is 0.226 e. The molecule has 0 fully saturated rings. The Balaban J connectivity index is 2.53. The molecule has 0 saturated carbocycles. The summed E-state index contributed by atoms with van der Waals surface area (Å²) in [5.41, 5.74) is 1.27. The van der Waals surface area contributed by atoms with Crippen LogP contribution in [0.25, 0.3) is 0 Å². The molecule has 0 aliphatic heterocycles. The highest BCUT2D eigenvalue weighted by Gasteiger charge is 1.97. The van der Waals surface area contributed by atoms with Crippen LogP contribution in [0.5, 0.6) is 5.88 Å². The fraction of sp³-hybridized carbons (Fsp3) is 0.455. The Morgan fingerprint density at radius 1 is 1.53 bits per heavy atom. The third kappa shape index (κ3) is 4.44. The van der Waals surface area contributed by atoms with Crippen molar-refractivity contribution < 1.29 is 4.74 Å². The number of ether oxygens (including phenoxy) is 1. The Kier molecular flexibility index (Phi) is 4.60. The molecule has 1 aromatic heterocycles. The number of anilines is 1. The second-order valence-electron chi connectivity index (χ2n) is 3.31. The van der Waals surface area contributed by atoms with Crippen LogP contribution in [0.1, 0.15) is 20.8 Å². The second-order valence-corrected chi connectivity index (χ2v) is 3.31. The predicted molar refractivity (Wildman–Crippen MR) is 61.1 cm³/mol. The molecule has 0 aromatic carbocycles. The van der Waals surface area contributed by atoms with Gasteiger partial charge in [0.1, 0.15) is 0 Å². The molecule has 0 amide bonds. The van der Waals surface area contributed by atoms with Gasteiger partial charge in [-0.05, 0) is 20.8 Å². The van der Waals surface area contributed by atoms with E-state index < -0.39 is 0 Å². The first-order valence-corrected chi connectivity index (χ1v) is 5.05. The molecule has 1 heterocycles. The minimum atomic E-state index is 0.596. The van der Waals surface area contributed by atoms with Crippen LogP contribution in [0.3, 0.4) is 0 Å². The van der Waals surface area contributed by atoms with Gasteiger partial charge in [-0.2, -0.15) is 4.98 Å². The maximum atomic E-state index is 5.27. The van der Waals surface area contributed by atoms with Crippen LogP contribution in [-0.4, -0.2) is 23.1 Å². The SMILES string of the molecule is CCOc1ccnc(NCC=C(C)C)n1. The van der Waals surface area contributed by atoms with Crippen LogP contribution in [0, 0.1) is 0 Å². The Hall–Kier alpha value is -1.58. The van der Waals surface area contributed by atoms with E-state index in [9.17, 15) is 0 Å². The third-order valence-electron chi connectivity index (χ3n) is 1.69. The van der Waals surface area contributed by atoms with Crippen molar-refractivity contribution in [2.45, 2.75) is 20.8 Å². The molecular weight excluding hydrogens is 190 g/mol. The monoisotopic (exact) mass is 207 g/mol. The first kappa shape index (κ1) is 11.5. The molecular formula is C11H17N3O. The fourth-order valence-electron chi connectivity index (χ4n) is 1.00. The maximum Gasteiger partial charge on any atom is 0.226 e. The molecule has 0 saturated heterocycles. The second kappa shape index (κ2) is 6.01. The van der Waals surface area contributed by atoms with E-state index in [-0.39, 0.29) is 0 Å². The van der Waals surface area contributed by atoms with Crippen molar-refractivity contribution in [1.29, 1.82) is 0 Å². The minimum Gasteiger partial charge on any atom is -0.478 e. The Morgan fingerprint density at radius 2 is 2.33 bits per heavy atom. The van der Waals surface area contributed by atoms with Gasteiger partial charge in [-0.3, -0.25) is 0 Å². The summed E-state index contributed by atoms with van der Waals surface area (Å²) in [5, 5.41) is 3.10. The first-order chi connectivity index (χ1) is 7.22. The number of hydrogen-bond acceptors (Lipinski definition) is 4.